The molecule has 25 heavy (non-hydrogen) atoms. The Hall–Kier alpha value is -2.74. The molecule has 0 unspecified atom stereocenters. The van der Waals surface area contributed by atoms with Crippen LogP contribution >= 0.6 is 11.8 Å². The minimum atomic E-state index is -0.897. The largest absolute Gasteiger partial charge is 0.467 e. The van der Waals surface area contributed by atoms with E-state index < -0.39 is 18.0 Å². The maximum Gasteiger partial charge on any atom is 0.317 e. The van der Waals surface area contributed by atoms with Gasteiger partial charge in [-0.2, -0.15) is 0 Å². The standard InChI is InChI=1S/C17H16N2O5S/c1-11(16(21)18-9-12-5-4-8-22-12)23-15(20)10-25-17-19-13-6-2-3-7-14(13)24-17/h2-8,11H,9-10H2,1H3,(H,18,21)/t11-/m1/s1. The van der Waals surface area contributed by atoms with E-state index in [9.17, 15) is 9.59 Å². The maximum atomic E-state index is 11.9. The molecule has 130 valence electrons. The number of carbonyl (C=O) groups is 2. The van der Waals surface area contributed by atoms with Crippen LogP contribution < -0.4 is 5.32 Å². The summed E-state index contributed by atoms with van der Waals surface area (Å²) in [5.41, 5.74) is 1.38. The number of para-hydroxylation sites is 2. The zero-order valence-corrected chi connectivity index (χ0v) is 14.2. The third-order valence-corrected chi connectivity index (χ3v) is 4.08. The Balaban J connectivity index is 1.44. The smallest absolute Gasteiger partial charge is 0.317 e. The SMILES string of the molecule is C[C@@H](OC(=O)CSc1nc2ccccc2o1)C(=O)NCc1ccco1. The number of hydrogen-bond donors (Lipinski definition) is 1. The third-order valence-electron chi connectivity index (χ3n) is 3.28. The average molecular weight is 360 g/mol. The summed E-state index contributed by atoms with van der Waals surface area (Å²) in [5, 5.41) is 3.02. The molecule has 2 aromatic heterocycles. The van der Waals surface area contributed by atoms with Crippen LogP contribution in [0.5, 0.6) is 0 Å². The van der Waals surface area contributed by atoms with E-state index >= 15 is 0 Å². The molecule has 1 amide bonds. The molecule has 0 saturated carbocycles. The van der Waals surface area contributed by atoms with Crippen molar-refractivity contribution in [2.75, 3.05) is 5.75 Å². The quantitative estimate of drug-likeness (QED) is 0.511. The fourth-order valence-electron chi connectivity index (χ4n) is 2.05. The van der Waals surface area contributed by atoms with Crippen molar-refractivity contribution in [3.63, 3.8) is 0 Å². The number of carbonyl (C=O) groups excluding carboxylic acids is 2. The molecular weight excluding hydrogens is 344 g/mol. The van der Waals surface area contributed by atoms with Gasteiger partial charge in [-0.05, 0) is 31.2 Å². The van der Waals surface area contributed by atoms with Gasteiger partial charge >= 0.3 is 5.97 Å². The first-order chi connectivity index (χ1) is 12.1. The lowest BCUT2D eigenvalue weighted by Crippen LogP contribution is -2.35. The Labute approximate surface area is 147 Å². The minimum Gasteiger partial charge on any atom is -0.467 e. The Bertz CT molecular complexity index is 826. The Morgan fingerprint density at radius 3 is 2.88 bits per heavy atom. The molecule has 8 heteroatoms. The van der Waals surface area contributed by atoms with E-state index in [0.717, 1.165) is 17.3 Å². The number of ether oxygens (including phenoxy) is 1. The molecule has 0 aliphatic heterocycles. The van der Waals surface area contributed by atoms with Gasteiger partial charge in [0.05, 0.1) is 12.8 Å². The van der Waals surface area contributed by atoms with Gasteiger partial charge in [0.2, 0.25) is 0 Å². The summed E-state index contributed by atoms with van der Waals surface area (Å²) >= 11 is 1.12. The van der Waals surface area contributed by atoms with Crippen LogP contribution in [0.2, 0.25) is 0 Å². The zero-order valence-electron chi connectivity index (χ0n) is 13.4. The normalized spacial score (nSPS) is 12.0. The van der Waals surface area contributed by atoms with Crippen LogP contribution in [0.4, 0.5) is 0 Å². The highest BCUT2D eigenvalue weighted by molar-refractivity contribution is 7.99. The first-order valence-corrected chi connectivity index (χ1v) is 8.58. The summed E-state index contributed by atoms with van der Waals surface area (Å²) in [6.45, 7) is 1.75. The number of amides is 1. The highest BCUT2D eigenvalue weighted by atomic mass is 32.2. The van der Waals surface area contributed by atoms with Gasteiger partial charge in [0.15, 0.2) is 11.7 Å². The number of esters is 1. The van der Waals surface area contributed by atoms with Crippen LogP contribution in [0.1, 0.15) is 12.7 Å². The van der Waals surface area contributed by atoms with Crippen molar-refractivity contribution in [2.24, 2.45) is 0 Å². The number of oxazole rings is 1. The monoisotopic (exact) mass is 360 g/mol. The van der Waals surface area contributed by atoms with Crippen LogP contribution in [-0.2, 0) is 20.9 Å². The molecular formula is C17H16N2O5S. The summed E-state index contributed by atoms with van der Waals surface area (Å²) < 4.78 is 15.7. The van der Waals surface area contributed by atoms with Crippen molar-refractivity contribution in [2.45, 2.75) is 24.8 Å². The second-order valence-electron chi connectivity index (χ2n) is 5.17. The lowest BCUT2D eigenvalue weighted by atomic mass is 10.3. The van der Waals surface area contributed by atoms with E-state index in [1.54, 1.807) is 18.2 Å². The fourth-order valence-corrected chi connectivity index (χ4v) is 2.67. The van der Waals surface area contributed by atoms with Gasteiger partial charge in [-0.15, -0.1) is 0 Å². The van der Waals surface area contributed by atoms with E-state index in [1.165, 1.54) is 13.2 Å². The summed E-state index contributed by atoms with van der Waals surface area (Å²) in [6.07, 6.45) is 0.626. The van der Waals surface area contributed by atoms with Crippen molar-refractivity contribution < 1.29 is 23.2 Å². The van der Waals surface area contributed by atoms with Crippen molar-refractivity contribution in [1.82, 2.24) is 10.3 Å². The topological polar surface area (TPSA) is 94.6 Å². The number of benzene rings is 1. The number of aromatic nitrogens is 1. The fraction of sp³-hybridized carbons (Fsp3) is 0.235. The number of hydrogen-bond acceptors (Lipinski definition) is 7. The zero-order chi connectivity index (χ0) is 17.6. The molecule has 0 spiro atoms. The summed E-state index contributed by atoms with van der Waals surface area (Å²) in [6, 6.07) is 10.8. The summed E-state index contributed by atoms with van der Waals surface area (Å²) in [7, 11) is 0. The predicted octanol–water partition coefficient (Wildman–Crippen LogP) is 2.76. The first-order valence-electron chi connectivity index (χ1n) is 7.60. The van der Waals surface area contributed by atoms with E-state index in [0.29, 0.717) is 16.6 Å². The molecule has 2 heterocycles. The van der Waals surface area contributed by atoms with Crippen LogP contribution in [0.15, 0.2) is 56.7 Å². The molecule has 0 saturated heterocycles. The second-order valence-corrected chi connectivity index (χ2v) is 6.09. The number of fused-ring (bicyclic) bond motifs is 1. The molecule has 0 bridgehead atoms. The Morgan fingerprint density at radius 1 is 1.28 bits per heavy atom. The van der Waals surface area contributed by atoms with Gasteiger partial charge in [0, 0.05) is 0 Å². The van der Waals surface area contributed by atoms with Crippen molar-refractivity contribution in [3.8, 4) is 0 Å². The molecule has 0 aliphatic rings. The van der Waals surface area contributed by atoms with Gasteiger partial charge in [-0.1, -0.05) is 23.9 Å². The number of thioether (sulfide) groups is 1. The van der Waals surface area contributed by atoms with Crippen LogP contribution in [0, 0.1) is 0 Å². The van der Waals surface area contributed by atoms with Crippen LogP contribution in [-0.4, -0.2) is 28.7 Å². The lowest BCUT2D eigenvalue weighted by molar-refractivity contribution is -0.152. The lowest BCUT2D eigenvalue weighted by Gasteiger charge is -2.12. The molecule has 0 fully saturated rings. The predicted molar refractivity (Wildman–Crippen MR) is 90.8 cm³/mol. The third kappa shape index (κ3) is 4.63. The van der Waals surface area contributed by atoms with Gasteiger partial charge in [0.1, 0.15) is 17.0 Å². The van der Waals surface area contributed by atoms with Crippen molar-refractivity contribution >= 4 is 34.7 Å². The highest BCUT2D eigenvalue weighted by Crippen LogP contribution is 2.23. The molecule has 1 aromatic carbocycles. The molecule has 0 aliphatic carbocycles. The van der Waals surface area contributed by atoms with E-state index in [4.69, 9.17) is 13.6 Å². The Morgan fingerprint density at radius 2 is 2.12 bits per heavy atom. The van der Waals surface area contributed by atoms with E-state index in [2.05, 4.69) is 10.3 Å². The van der Waals surface area contributed by atoms with Gasteiger partial charge in [-0.25, -0.2) is 4.98 Å². The molecule has 1 N–H and O–H groups in total. The van der Waals surface area contributed by atoms with Crippen LogP contribution in [0.3, 0.4) is 0 Å². The van der Waals surface area contributed by atoms with Crippen molar-refractivity contribution in [1.29, 1.82) is 0 Å². The number of nitrogens with one attached hydrogen (secondary N) is 1. The van der Waals surface area contributed by atoms with E-state index in [1.807, 2.05) is 18.2 Å². The van der Waals surface area contributed by atoms with E-state index in [-0.39, 0.29) is 12.3 Å². The second kappa shape index (κ2) is 7.89. The molecule has 0 radical (unpaired) electrons. The highest BCUT2D eigenvalue weighted by Gasteiger charge is 2.18. The molecule has 7 nitrogen and oxygen atoms in total. The molecule has 3 rings (SSSR count). The van der Waals surface area contributed by atoms with Gasteiger partial charge in [-0.3, -0.25) is 9.59 Å². The van der Waals surface area contributed by atoms with Crippen LogP contribution in [0.25, 0.3) is 11.1 Å². The van der Waals surface area contributed by atoms with Gasteiger partial charge in [0.25, 0.3) is 11.1 Å². The first kappa shape index (κ1) is 17.1. The summed E-state index contributed by atoms with van der Waals surface area (Å²) in [5.74, 6) is -0.286. The maximum absolute atomic E-state index is 11.9. The van der Waals surface area contributed by atoms with Crippen molar-refractivity contribution in [3.05, 3.63) is 48.4 Å². The molecule has 1 atom stereocenters. The molecule has 3 aromatic rings. The number of rotatable bonds is 7. The summed E-state index contributed by atoms with van der Waals surface area (Å²) in [4.78, 5) is 28.0. The van der Waals surface area contributed by atoms with Gasteiger partial charge < -0.3 is 18.9 Å². The average Bonchev–Trinajstić information content (AvgIpc) is 3.26. The minimum absolute atomic E-state index is 0.00260. The Kier molecular flexibility index (Phi) is 5.39. The number of furan rings is 1. The number of nitrogens with zero attached hydrogens (tertiary/aromatic N) is 1.